The molecule has 0 heterocycles. The van der Waals surface area contributed by atoms with Gasteiger partial charge < -0.3 is 19.6 Å². The molecule has 0 aromatic carbocycles. The summed E-state index contributed by atoms with van der Waals surface area (Å²) >= 11 is 0. The summed E-state index contributed by atoms with van der Waals surface area (Å²) in [4.78, 5) is 20.2. The largest absolute Gasteiger partial charge is 1.00 e. The third kappa shape index (κ3) is 29.8. The van der Waals surface area contributed by atoms with Gasteiger partial charge in [0.1, 0.15) is 6.61 Å². The number of aliphatic hydroxyl groups excluding tert-OH is 1. The zero-order valence-corrected chi connectivity index (χ0v) is 17.5. The average Bonchev–Trinajstić information content (AvgIpc) is 2.44. The van der Waals surface area contributed by atoms with Gasteiger partial charge in [-0.3, -0.25) is 9.59 Å². The molecule has 0 rings (SSSR count). The van der Waals surface area contributed by atoms with Crippen LogP contribution in [-0.2, 0) is 24.2 Å². The van der Waals surface area contributed by atoms with Crippen molar-refractivity contribution in [1.29, 1.82) is 0 Å². The topological polar surface area (TPSA) is 147 Å². The quantitative estimate of drug-likeness (QED) is 0.180. The molecule has 24 heavy (non-hydrogen) atoms. The summed E-state index contributed by atoms with van der Waals surface area (Å²) in [6.07, 6.45) is 9.87. The van der Waals surface area contributed by atoms with E-state index in [1.54, 1.807) is 0 Å². The molecule has 3 N–H and O–H groups in total. The molecular weight excluding hydrogens is 349 g/mol. The molecule has 0 aliphatic carbocycles. The maximum Gasteiger partial charge on any atom is 1.00 e. The summed E-state index contributed by atoms with van der Waals surface area (Å²) in [6.45, 7) is 1.63. The van der Waals surface area contributed by atoms with Gasteiger partial charge in [-0.15, -0.1) is 0 Å². The molecule has 10 heteroatoms. The molecule has 0 bridgehead atoms. The Morgan fingerprint density at radius 3 is 1.71 bits per heavy atom. The first-order valence-corrected chi connectivity index (χ1v) is 9.13. The van der Waals surface area contributed by atoms with Crippen LogP contribution in [0.4, 0.5) is 0 Å². The van der Waals surface area contributed by atoms with E-state index in [-0.39, 0.29) is 36.0 Å². The van der Waals surface area contributed by atoms with Gasteiger partial charge in [0.2, 0.25) is 5.91 Å². The molecule has 0 aromatic rings. The molecule has 0 aromatic heterocycles. The van der Waals surface area contributed by atoms with Crippen LogP contribution < -0.4 is 35.3 Å². The normalized spacial score (nSPS) is 10.1. The van der Waals surface area contributed by atoms with E-state index in [4.69, 9.17) is 5.11 Å². The molecular formula is C14H28NNaO7S. The van der Waals surface area contributed by atoms with Crippen LogP contribution in [0.3, 0.4) is 0 Å². The number of hydrogen-bond acceptors (Lipinski definition) is 7. The Labute approximate surface area is 166 Å². The zero-order chi connectivity index (χ0) is 18.1. The number of nitrogens with two attached hydrogens (primary N) is 1. The second kappa shape index (κ2) is 19.1. The second-order valence-electron chi connectivity index (χ2n) is 5.07. The summed E-state index contributed by atoms with van der Waals surface area (Å²) < 4.78 is 34.0. The van der Waals surface area contributed by atoms with Crippen molar-refractivity contribution >= 4 is 22.3 Å². The van der Waals surface area contributed by atoms with Crippen molar-refractivity contribution in [3.05, 3.63) is 0 Å². The van der Waals surface area contributed by atoms with Crippen LogP contribution in [-0.4, -0.2) is 36.6 Å². The minimum Gasteiger partial charge on any atom is -0.716 e. The van der Waals surface area contributed by atoms with Gasteiger partial charge in [-0.1, -0.05) is 58.3 Å². The van der Waals surface area contributed by atoms with Gasteiger partial charge in [0, 0.05) is 6.42 Å². The number of hydrogen-bond donors (Lipinski definition) is 2. The van der Waals surface area contributed by atoms with Gasteiger partial charge in [-0.25, -0.2) is 8.42 Å². The van der Waals surface area contributed by atoms with E-state index in [0.29, 0.717) is 6.42 Å². The minimum absolute atomic E-state index is 0. The summed E-state index contributed by atoms with van der Waals surface area (Å²) in [5.41, 5.74) is 4.40. The van der Waals surface area contributed by atoms with Gasteiger partial charge in [-0.2, -0.15) is 0 Å². The number of primary amides is 1. The van der Waals surface area contributed by atoms with Crippen molar-refractivity contribution < 1.29 is 61.4 Å². The molecule has 0 spiro atoms. The number of carbonyl (C=O) groups is 2. The standard InChI is InChI=1S/C12H24O5S.C2H5NO2.Na/c1-2-3-4-5-6-7-8-9-10-11-12(13)17-18(14,15)16;3-2(5)1-4;/h2-11H2,1H3,(H,14,15,16);4H,1H2,(H2,3,5);/q;;+1/p-1. The number of aliphatic hydroxyl groups is 1. The third-order valence-electron chi connectivity index (χ3n) is 2.84. The first kappa shape index (κ1) is 28.6. The van der Waals surface area contributed by atoms with Crippen molar-refractivity contribution in [2.75, 3.05) is 6.61 Å². The maximum absolute atomic E-state index is 10.9. The van der Waals surface area contributed by atoms with Crippen LogP contribution in [0, 0.1) is 0 Å². The Bertz CT molecular complexity index is 415. The summed E-state index contributed by atoms with van der Waals surface area (Å²) in [5, 5.41) is 7.67. The van der Waals surface area contributed by atoms with Crippen LogP contribution in [0.5, 0.6) is 0 Å². The predicted octanol–water partition coefficient (Wildman–Crippen LogP) is -1.62. The summed E-state index contributed by atoms with van der Waals surface area (Å²) in [5.74, 6) is -1.64. The molecule has 0 aliphatic rings. The fraction of sp³-hybridized carbons (Fsp3) is 0.857. The van der Waals surface area contributed by atoms with E-state index in [9.17, 15) is 22.6 Å². The maximum atomic E-state index is 10.9. The van der Waals surface area contributed by atoms with E-state index >= 15 is 0 Å². The molecule has 1 amide bonds. The second-order valence-corrected chi connectivity index (χ2v) is 6.05. The van der Waals surface area contributed by atoms with Gasteiger partial charge >= 0.3 is 35.5 Å². The first-order valence-electron chi connectivity index (χ1n) is 7.80. The molecule has 0 fully saturated rings. The van der Waals surface area contributed by atoms with Crippen LogP contribution in [0.25, 0.3) is 0 Å². The Morgan fingerprint density at radius 2 is 1.38 bits per heavy atom. The van der Waals surface area contributed by atoms with Gasteiger partial charge in [0.05, 0.1) is 0 Å². The average molecular weight is 377 g/mol. The Balaban J connectivity index is -0.000000639. The van der Waals surface area contributed by atoms with Crippen LogP contribution in [0.15, 0.2) is 0 Å². The van der Waals surface area contributed by atoms with Crippen LogP contribution in [0.2, 0.25) is 0 Å². The number of amides is 1. The molecule has 0 saturated carbocycles. The monoisotopic (exact) mass is 377 g/mol. The molecule has 0 aliphatic heterocycles. The van der Waals surface area contributed by atoms with Crippen LogP contribution >= 0.6 is 0 Å². The molecule has 0 radical (unpaired) electrons. The SMILES string of the molecule is CCCCCCCCCCCC(=O)OS(=O)(=O)[O-].NC(=O)CO.[Na+]. The fourth-order valence-corrected chi connectivity index (χ4v) is 2.05. The van der Waals surface area contributed by atoms with Crippen LogP contribution in [0.1, 0.15) is 71.1 Å². The Hall–Kier alpha value is -0.190. The minimum atomic E-state index is -4.88. The van der Waals surface area contributed by atoms with Crippen molar-refractivity contribution in [3.8, 4) is 0 Å². The van der Waals surface area contributed by atoms with E-state index < -0.39 is 28.9 Å². The number of unbranched alkanes of at least 4 members (excludes halogenated alkanes) is 8. The Morgan fingerprint density at radius 1 is 1.00 bits per heavy atom. The van der Waals surface area contributed by atoms with Gasteiger partial charge in [0.25, 0.3) is 10.4 Å². The molecule has 8 nitrogen and oxygen atoms in total. The number of rotatable bonds is 12. The van der Waals surface area contributed by atoms with E-state index in [1.165, 1.54) is 32.1 Å². The molecule has 138 valence electrons. The van der Waals surface area contributed by atoms with Crippen molar-refractivity contribution in [2.45, 2.75) is 71.1 Å². The Kier molecular flexibility index (Phi) is 22.8. The smallest absolute Gasteiger partial charge is 0.716 e. The fourth-order valence-electron chi connectivity index (χ4n) is 1.74. The van der Waals surface area contributed by atoms with Crippen molar-refractivity contribution in [2.24, 2.45) is 5.73 Å². The predicted molar refractivity (Wildman–Crippen MR) is 83.9 cm³/mol. The van der Waals surface area contributed by atoms with E-state index in [1.807, 2.05) is 0 Å². The van der Waals surface area contributed by atoms with E-state index in [0.717, 1.165) is 19.3 Å². The molecule has 0 unspecified atom stereocenters. The number of carbonyl (C=O) groups excluding carboxylic acids is 2. The summed E-state index contributed by atoms with van der Waals surface area (Å²) in [7, 11) is -4.88. The molecule has 0 saturated heterocycles. The van der Waals surface area contributed by atoms with E-state index in [2.05, 4.69) is 16.8 Å². The third-order valence-corrected chi connectivity index (χ3v) is 3.23. The van der Waals surface area contributed by atoms with Gasteiger partial charge in [-0.05, 0) is 6.42 Å². The first-order chi connectivity index (χ1) is 10.7. The summed E-state index contributed by atoms with van der Waals surface area (Å²) in [6, 6.07) is 0. The zero-order valence-electron chi connectivity index (χ0n) is 14.7. The van der Waals surface area contributed by atoms with Crippen molar-refractivity contribution in [1.82, 2.24) is 0 Å². The van der Waals surface area contributed by atoms with Gasteiger partial charge in [0.15, 0.2) is 0 Å². The molecule has 0 atom stereocenters. The van der Waals surface area contributed by atoms with Crippen molar-refractivity contribution in [3.63, 3.8) is 0 Å².